The van der Waals surface area contributed by atoms with Crippen LogP contribution in [0.1, 0.15) is 23.3 Å². The summed E-state index contributed by atoms with van der Waals surface area (Å²) in [7, 11) is 0. The lowest BCUT2D eigenvalue weighted by atomic mass is 9.95. The molecule has 3 aromatic rings. The maximum absolute atomic E-state index is 11.2. The first-order valence-corrected chi connectivity index (χ1v) is 8.73. The van der Waals surface area contributed by atoms with E-state index in [4.69, 9.17) is 23.2 Å². The first-order valence-electron chi connectivity index (χ1n) is 7.98. The summed E-state index contributed by atoms with van der Waals surface area (Å²) in [4.78, 5) is 21.2. The number of hydrogen-bond acceptors (Lipinski definition) is 5. The minimum Gasteiger partial charge on any atom is -0.386 e. The fraction of sp³-hybridized carbons (Fsp3) is 0.111. The van der Waals surface area contributed by atoms with Crippen LogP contribution in [0.3, 0.4) is 0 Å². The molecule has 2 atom stereocenters. The van der Waals surface area contributed by atoms with E-state index in [1.54, 1.807) is 35.2 Å². The molecule has 0 fully saturated rings. The zero-order valence-corrected chi connectivity index (χ0v) is 15.6. The molecule has 0 saturated heterocycles. The van der Waals surface area contributed by atoms with E-state index in [2.05, 4.69) is 0 Å². The van der Waals surface area contributed by atoms with Crippen LogP contribution in [0.25, 0.3) is 0 Å². The summed E-state index contributed by atoms with van der Waals surface area (Å²) in [5, 5.41) is 33.3. The number of halogens is 2. The second-order valence-electron chi connectivity index (χ2n) is 5.96. The van der Waals surface area contributed by atoms with Crippen molar-refractivity contribution in [2.45, 2.75) is 12.1 Å². The molecule has 0 aliphatic rings. The van der Waals surface area contributed by atoms with Crippen molar-refractivity contribution >= 4 is 34.6 Å². The molecule has 1 aromatic heterocycles. The van der Waals surface area contributed by atoms with E-state index < -0.39 is 22.0 Å². The molecule has 0 amide bonds. The van der Waals surface area contributed by atoms with Crippen molar-refractivity contribution in [1.82, 2.24) is 4.57 Å². The molecule has 10 heteroatoms. The summed E-state index contributed by atoms with van der Waals surface area (Å²) in [6, 6.07) is 10.9. The van der Waals surface area contributed by atoms with E-state index in [9.17, 15) is 25.3 Å². The van der Waals surface area contributed by atoms with Gasteiger partial charge in [0.25, 0.3) is 11.4 Å². The van der Waals surface area contributed by atoms with Gasteiger partial charge in [0.05, 0.1) is 15.9 Å². The van der Waals surface area contributed by atoms with Crippen LogP contribution in [0.5, 0.6) is 0 Å². The Morgan fingerprint density at radius 3 is 1.82 bits per heavy atom. The summed E-state index contributed by atoms with van der Waals surface area (Å²) in [6.07, 6.45) is 2.11. The van der Waals surface area contributed by atoms with Gasteiger partial charge in [-0.15, -0.1) is 0 Å². The molecule has 28 heavy (non-hydrogen) atoms. The second kappa shape index (κ2) is 7.97. The van der Waals surface area contributed by atoms with Gasteiger partial charge in [0.2, 0.25) is 0 Å². The molecule has 0 spiro atoms. The Hall–Kier alpha value is -2.94. The van der Waals surface area contributed by atoms with Gasteiger partial charge in [0.15, 0.2) is 0 Å². The summed E-state index contributed by atoms with van der Waals surface area (Å²) >= 11 is 11.7. The Morgan fingerprint density at radius 1 is 0.857 bits per heavy atom. The van der Waals surface area contributed by atoms with Gasteiger partial charge in [-0.05, 0) is 35.4 Å². The highest BCUT2D eigenvalue weighted by atomic mass is 35.5. The van der Waals surface area contributed by atoms with Crippen molar-refractivity contribution in [3.05, 3.63) is 102 Å². The normalized spacial score (nSPS) is 13.1. The van der Waals surface area contributed by atoms with Gasteiger partial charge in [0.1, 0.15) is 16.1 Å². The first-order chi connectivity index (χ1) is 13.3. The molecule has 0 radical (unpaired) electrons. The average Bonchev–Trinajstić information content (AvgIpc) is 3.17. The van der Waals surface area contributed by atoms with Crippen LogP contribution in [0.15, 0.2) is 60.9 Å². The minimum absolute atomic E-state index is 0.0309. The topological polar surface area (TPSA) is 111 Å². The van der Waals surface area contributed by atoms with Gasteiger partial charge in [-0.3, -0.25) is 20.2 Å². The predicted molar refractivity (Wildman–Crippen MR) is 104 cm³/mol. The van der Waals surface area contributed by atoms with Crippen LogP contribution in [0, 0.1) is 20.2 Å². The molecule has 1 N–H and O–H groups in total. The lowest BCUT2D eigenvalue weighted by Crippen LogP contribution is -2.18. The van der Waals surface area contributed by atoms with E-state index >= 15 is 0 Å². The van der Waals surface area contributed by atoms with E-state index in [-0.39, 0.29) is 27.0 Å². The minimum atomic E-state index is -1.25. The number of benzene rings is 2. The van der Waals surface area contributed by atoms with Crippen LogP contribution >= 0.6 is 23.2 Å². The average molecular weight is 422 g/mol. The van der Waals surface area contributed by atoms with Gasteiger partial charge in [0, 0.05) is 24.5 Å². The fourth-order valence-corrected chi connectivity index (χ4v) is 3.31. The lowest BCUT2D eigenvalue weighted by Gasteiger charge is -2.25. The molecule has 0 aliphatic heterocycles. The highest BCUT2D eigenvalue weighted by Crippen LogP contribution is 2.38. The Balaban J connectivity index is 2.12. The molecule has 0 aliphatic carbocycles. The van der Waals surface area contributed by atoms with Gasteiger partial charge < -0.3 is 9.67 Å². The van der Waals surface area contributed by atoms with Crippen LogP contribution in [-0.4, -0.2) is 19.5 Å². The number of aromatic nitrogens is 1. The van der Waals surface area contributed by atoms with Crippen LogP contribution in [0.2, 0.25) is 10.0 Å². The monoisotopic (exact) mass is 421 g/mol. The van der Waals surface area contributed by atoms with Crippen molar-refractivity contribution < 1.29 is 15.0 Å². The molecule has 3 rings (SSSR count). The molecule has 2 unspecified atom stereocenters. The smallest absolute Gasteiger partial charge is 0.288 e. The summed E-state index contributed by atoms with van der Waals surface area (Å²) in [5.74, 6) is 0. The zero-order chi connectivity index (χ0) is 20.4. The molecule has 144 valence electrons. The molecule has 0 bridgehead atoms. The molecular formula is C18H13Cl2N3O5. The van der Waals surface area contributed by atoms with Gasteiger partial charge in [-0.2, -0.15) is 0 Å². The van der Waals surface area contributed by atoms with E-state index in [0.29, 0.717) is 5.56 Å². The first kappa shape index (κ1) is 19.8. The molecule has 1 heterocycles. The largest absolute Gasteiger partial charge is 0.386 e. The highest BCUT2D eigenvalue weighted by Gasteiger charge is 2.28. The number of hydrogen-bond donors (Lipinski definition) is 1. The van der Waals surface area contributed by atoms with Crippen molar-refractivity contribution in [2.24, 2.45) is 0 Å². The van der Waals surface area contributed by atoms with Crippen molar-refractivity contribution in [3.8, 4) is 0 Å². The maximum atomic E-state index is 11.2. The standard InChI is InChI=1S/C18H13Cl2N3O5/c19-13-5-3-11(9-15(13)22(25)26)17(21-7-1-2-8-21)18(24)12-4-6-14(20)16(10-12)23(27)28/h1-10,17-18,24H. The lowest BCUT2D eigenvalue weighted by molar-refractivity contribution is -0.385. The SMILES string of the molecule is O=[N+]([O-])c1cc(C(O)C(c2ccc(Cl)c([N+](=O)[O-])c2)n2cccc2)ccc1Cl. The summed E-state index contributed by atoms with van der Waals surface area (Å²) in [5.41, 5.74) is 0.0157. The van der Waals surface area contributed by atoms with Gasteiger partial charge in [-0.1, -0.05) is 35.3 Å². The molecule has 2 aromatic carbocycles. The summed E-state index contributed by atoms with van der Waals surface area (Å²) in [6.45, 7) is 0. The number of rotatable bonds is 6. The van der Waals surface area contributed by atoms with Gasteiger partial charge in [-0.25, -0.2) is 0 Å². The number of nitro benzene ring substituents is 2. The molecule has 8 nitrogen and oxygen atoms in total. The Labute approximate surface area is 168 Å². The molecular weight excluding hydrogens is 409 g/mol. The number of aliphatic hydroxyl groups is 1. The fourth-order valence-electron chi connectivity index (χ4n) is 2.94. The third-order valence-corrected chi connectivity index (χ3v) is 4.90. The molecule has 0 saturated carbocycles. The third kappa shape index (κ3) is 3.84. The zero-order valence-electron chi connectivity index (χ0n) is 14.1. The van der Waals surface area contributed by atoms with E-state index in [0.717, 1.165) is 0 Å². The van der Waals surface area contributed by atoms with Crippen LogP contribution in [0.4, 0.5) is 11.4 Å². The summed E-state index contributed by atoms with van der Waals surface area (Å²) < 4.78 is 1.65. The highest BCUT2D eigenvalue weighted by molar-refractivity contribution is 6.33. The number of aliphatic hydroxyl groups excluding tert-OH is 1. The van der Waals surface area contributed by atoms with Crippen molar-refractivity contribution in [2.75, 3.05) is 0 Å². The third-order valence-electron chi connectivity index (χ3n) is 4.26. The Morgan fingerprint density at radius 2 is 1.32 bits per heavy atom. The quantitative estimate of drug-likeness (QED) is 0.447. The maximum Gasteiger partial charge on any atom is 0.288 e. The van der Waals surface area contributed by atoms with Gasteiger partial charge >= 0.3 is 0 Å². The van der Waals surface area contributed by atoms with Crippen LogP contribution in [-0.2, 0) is 0 Å². The van der Waals surface area contributed by atoms with E-state index in [1.165, 1.54) is 30.3 Å². The Kier molecular flexibility index (Phi) is 5.64. The number of nitrogens with zero attached hydrogens (tertiary/aromatic N) is 3. The Bertz CT molecular complexity index is 1040. The second-order valence-corrected chi connectivity index (χ2v) is 6.77. The van der Waals surface area contributed by atoms with Crippen molar-refractivity contribution in [1.29, 1.82) is 0 Å². The van der Waals surface area contributed by atoms with Crippen LogP contribution < -0.4 is 0 Å². The number of nitro groups is 2. The predicted octanol–water partition coefficient (Wildman–Crippen LogP) is 4.93. The van der Waals surface area contributed by atoms with Crippen molar-refractivity contribution in [3.63, 3.8) is 0 Å². The van der Waals surface area contributed by atoms with E-state index in [1.807, 2.05) is 0 Å².